The second kappa shape index (κ2) is 6.00. The standard InChI is InChI=1S/C4H4O4.La/c5-3(6)1-2-4(7)8;/h1-2H,(H,5,6)(H,7,8);. The van der Waals surface area contributed by atoms with Gasteiger partial charge >= 0.3 is 11.9 Å². The maximum atomic E-state index is 9.55. The Morgan fingerprint density at radius 2 is 1.22 bits per heavy atom. The Balaban J connectivity index is 0. The van der Waals surface area contributed by atoms with Crippen LogP contribution in [-0.4, -0.2) is 22.2 Å². The molecule has 0 heterocycles. The molecule has 0 spiro atoms. The third-order valence-corrected chi connectivity index (χ3v) is 0.368. The third-order valence-electron chi connectivity index (χ3n) is 0.368. The molecular formula is C4H4LaO4. The van der Waals surface area contributed by atoms with Gasteiger partial charge in [-0.25, -0.2) is 9.59 Å². The molecule has 5 heteroatoms. The molecule has 0 unspecified atom stereocenters. The fraction of sp³-hybridized carbons (Fsp3) is 0. The van der Waals surface area contributed by atoms with E-state index >= 15 is 0 Å². The van der Waals surface area contributed by atoms with Gasteiger partial charge in [0.05, 0.1) is 0 Å². The molecule has 9 heavy (non-hydrogen) atoms. The van der Waals surface area contributed by atoms with Crippen LogP contribution in [0.1, 0.15) is 0 Å². The van der Waals surface area contributed by atoms with Crippen molar-refractivity contribution in [1.82, 2.24) is 0 Å². The number of carbonyl (C=O) groups is 2. The number of hydrogen-bond donors (Lipinski definition) is 2. The van der Waals surface area contributed by atoms with Gasteiger partial charge in [-0.1, -0.05) is 0 Å². The number of aliphatic carboxylic acids is 2. The Morgan fingerprint density at radius 3 is 1.33 bits per heavy atom. The van der Waals surface area contributed by atoms with Crippen LogP contribution in [0.2, 0.25) is 0 Å². The summed E-state index contributed by atoms with van der Waals surface area (Å²) in [6.45, 7) is 0. The molecule has 0 aromatic heterocycles. The zero-order chi connectivity index (χ0) is 6.57. The van der Waals surface area contributed by atoms with E-state index < -0.39 is 11.9 Å². The summed E-state index contributed by atoms with van der Waals surface area (Å²) in [7, 11) is 0. The zero-order valence-electron chi connectivity index (χ0n) is 4.44. The first-order valence-corrected chi connectivity index (χ1v) is 1.77. The molecule has 0 saturated heterocycles. The van der Waals surface area contributed by atoms with Crippen molar-refractivity contribution in [2.24, 2.45) is 0 Å². The third kappa shape index (κ3) is 11.4. The van der Waals surface area contributed by atoms with Crippen molar-refractivity contribution < 1.29 is 55.4 Å². The van der Waals surface area contributed by atoms with E-state index in [2.05, 4.69) is 0 Å². The maximum Gasteiger partial charge on any atom is 0.328 e. The van der Waals surface area contributed by atoms with Crippen LogP contribution in [0.5, 0.6) is 0 Å². The summed E-state index contributed by atoms with van der Waals surface area (Å²) in [6.07, 6.45) is 1.12. The minimum atomic E-state index is -1.26. The van der Waals surface area contributed by atoms with Gasteiger partial charge in [-0.2, -0.15) is 0 Å². The quantitative estimate of drug-likeness (QED) is 0.665. The average molecular weight is 255 g/mol. The van der Waals surface area contributed by atoms with Crippen molar-refractivity contribution in [1.29, 1.82) is 0 Å². The molecule has 2 N–H and O–H groups in total. The molecule has 0 rings (SSSR count). The molecule has 0 bridgehead atoms. The van der Waals surface area contributed by atoms with Gasteiger partial charge in [-0.05, 0) is 0 Å². The molecule has 4 nitrogen and oxygen atoms in total. The van der Waals surface area contributed by atoms with E-state index in [0.29, 0.717) is 12.2 Å². The summed E-state index contributed by atoms with van der Waals surface area (Å²) in [5, 5.41) is 15.6. The molecule has 0 aromatic carbocycles. The van der Waals surface area contributed by atoms with E-state index in [1.54, 1.807) is 0 Å². The Labute approximate surface area is 79.2 Å². The predicted octanol–water partition coefficient (Wildman–Crippen LogP) is -0.288. The van der Waals surface area contributed by atoms with Crippen LogP contribution in [0.3, 0.4) is 0 Å². The minimum Gasteiger partial charge on any atom is -0.478 e. The molecule has 0 aromatic rings. The van der Waals surface area contributed by atoms with Gasteiger partial charge in [0.25, 0.3) is 0 Å². The van der Waals surface area contributed by atoms with Crippen molar-refractivity contribution in [3.05, 3.63) is 12.2 Å². The van der Waals surface area contributed by atoms with Crippen LogP contribution in [0.4, 0.5) is 0 Å². The van der Waals surface area contributed by atoms with Crippen molar-refractivity contribution in [3.8, 4) is 0 Å². The smallest absolute Gasteiger partial charge is 0.328 e. The normalized spacial score (nSPS) is 8.44. The van der Waals surface area contributed by atoms with E-state index in [9.17, 15) is 9.59 Å². The number of carboxylic acid groups (broad SMARTS) is 2. The topological polar surface area (TPSA) is 74.6 Å². The van der Waals surface area contributed by atoms with Crippen LogP contribution in [-0.2, 0) is 9.59 Å². The Kier molecular flexibility index (Phi) is 7.77. The Morgan fingerprint density at radius 1 is 1.00 bits per heavy atom. The monoisotopic (exact) mass is 255 g/mol. The first-order chi connectivity index (χ1) is 3.63. The molecular weight excluding hydrogens is 251 g/mol. The van der Waals surface area contributed by atoms with E-state index in [0.717, 1.165) is 0 Å². The van der Waals surface area contributed by atoms with Gasteiger partial charge in [0.1, 0.15) is 0 Å². The molecule has 0 fully saturated rings. The molecule has 1 radical (unpaired) electrons. The van der Waals surface area contributed by atoms with Crippen molar-refractivity contribution in [2.75, 3.05) is 0 Å². The van der Waals surface area contributed by atoms with Crippen LogP contribution in [0, 0.1) is 35.6 Å². The summed E-state index contributed by atoms with van der Waals surface area (Å²) in [5.74, 6) is -2.51. The second-order valence-electron chi connectivity index (χ2n) is 1.01. The number of rotatable bonds is 2. The van der Waals surface area contributed by atoms with Gasteiger partial charge in [0.2, 0.25) is 0 Å². The molecule has 47 valence electrons. The zero-order valence-corrected chi connectivity index (χ0v) is 8.07. The predicted molar refractivity (Wildman–Crippen MR) is 24.4 cm³/mol. The maximum absolute atomic E-state index is 9.55. The van der Waals surface area contributed by atoms with Crippen molar-refractivity contribution >= 4 is 11.9 Å². The van der Waals surface area contributed by atoms with Crippen LogP contribution in [0.25, 0.3) is 0 Å². The Bertz CT molecular complexity index is 124. The fourth-order valence-electron chi connectivity index (χ4n) is 0.143. The van der Waals surface area contributed by atoms with Crippen LogP contribution in [0.15, 0.2) is 12.2 Å². The van der Waals surface area contributed by atoms with Gasteiger partial charge in [-0.3, -0.25) is 0 Å². The summed E-state index contributed by atoms with van der Waals surface area (Å²) >= 11 is 0. The van der Waals surface area contributed by atoms with Crippen molar-refractivity contribution in [3.63, 3.8) is 0 Å². The molecule has 0 atom stereocenters. The first kappa shape index (κ1) is 11.6. The van der Waals surface area contributed by atoms with Crippen molar-refractivity contribution in [2.45, 2.75) is 0 Å². The number of carboxylic acids is 2. The average Bonchev–Trinajstić information content (AvgIpc) is 1.61. The molecule has 0 aliphatic heterocycles. The summed E-state index contributed by atoms with van der Waals surface area (Å²) in [6, 6.07) is 0. The summed E-state index contributed by atoms with van der Waals surface area (Å²) < 4.78 is 0. The van der Waals surface area contributed by atoms with E-state index in [-0.39, 0.29) is 35.6 Å². The van der Waals surface area contributed by atoms with E-state index in [1.807, 2.05) is 0 Å². The van der Waals surface area contributed by atoms with Gasteiger partial charge in [-0.15, -0.1) is 0 Å². The van der Waals surface area contributed by atoms with Gasteiger partial charge in [0, 0.05) is 47.8 Å². The summed E-state index contributed by atoms with van der Waals surface area (Å²) in [5.41, 5.74) is 0. The molecule has 0 aliphatic carbocycles. The van der Waals surface area contributed by atoms with E-state index in [4.69, 9.17) is 10.2 Å². The molecule has 0 amide bonds. The minimum absolute atomic E-state index is 0. The van der Waals surface area contributed by atoms with Crippen LogP contribution < -0.4 is 0 Å². The number of hydrogen-bond acceptors (Lipinski definition) is 2. The second-order valence-corrected chi connectivity index (χ2v) is 1.01. The largest absolute Gasteiger partial charge is 0.478 e. The molecule has 0 saturated carbocycles. The van der Waals surface area contributed by atoms with Gasteiger partial charge < -0.3 is 10.2 Å². The van der Waals surface area contributed by atoms with Crippen LogP contribution >= 0.6 is 0 Å². The van der Waals surface area contributed by atoms with E-state index in [1.165, 1.54) is 0 Å². The summed E-state index contributed by atoms with van der Waals surface area (Å²) in [4.78, 5) is 19.1. The molecule has 0 aliphatic rings. The fourth-order valence-corrected chi connectivity index (χ4v) is 0.143. The SMILES string of the molecule is O=C(O)C=CC(=O)O.[La]. The Hall–Kier alpha value is -0.125. The van der Waals surface area contributed by atoms with Gasteiger partial charge in [0.15, 0.2) is 0 Å². The first-order valence-electron chi connectivity index (χ1n) is 1.77.